The zero-order valence-corrected chi connectivity index (χ0v) is 15.8. The van der Waals surface area contributed by atoms with Gasteiger partial charge in [0.25, 0.3) is 5.91 Å². The summed E-state index contributed by atoms with van der Waals surface area (Å²) in [7, 11) is 0. The molecular weight excluding hydrogens is 344 g/mol. The first-order valence-electron chi connectivity index (χ1n) is 9.69. The number of benzene rings is 1. The predicted octanol–water partition coefficient (Wildman–Crippen LogP) is 1.05. The molecule has 3 rings (SSSR count). The SMILES string of the molecule is CC(CCCCN)NCc1ccc2c(c1)CN(C1CCC(=O)NC1=O)C2=O. The van der Waals surface area contributed by atoms with Crippen LogP contribution in [0.3, 0.4) is 0 Å². The van der Waals surface area contributed by atoms with Gasteiger partial charge in [0.2, 0.25) is 11.8 Å². The summed E-state index contributed by atoms with van der Waals surface area (Å²) in [6.45, 7) is 4.05. The van der Waals surface area contributed by atoms with Gasteiger partial charge < -0.3 is 16.0 Å². The quantitative estimate of drug-likeness (QED) is 0.467. The third kappa shape index (κ3) is 4.54. The predicted molar refractivity (Wildman–Crippen MR) is 102 cm³/mol. The Morgan fingerprint density at radius 1 is 1.30 bits per heavy atom. The van der Waals surface area contributed by atoms with Gasteiger partial charge >= 0.3 is 0 Å². The number of nitrogens with zero attached hydrogens (tertiary/aromatic N) is 1. The highest BCUT2D eigenvalue weighted by Gasteiger charge is 2.38. The van der Waals surface area contributed by atoms with E-state index in [2.05, 4.69) is 17.6 Å². The van der Waals surface area contributed by atoms with Crippen molar-refractivity contribution in [3.8, 4) is 0 Å². The lowest BCUT2D eigenvalue weighted by Crippen LogP contribution is -2.52. The molecule has 0 spiro atoms. The summed E-state index contributed by atoms with van der Waals surface area (Å²) in [5, 5.41) is 5.83. The highest BCUT2D eigenvalue weighted by molar-refractivity contribution is 6.05. The molecule has 2 atom stereocenters. The molecule has 0 bridgehead atoms. The molecule has 146 valence electrons. The van der Waals surface area contributed by atoms with Gasteiger partial charge in [-0.2, -0.15) is 0 Å². The highest BCUT2D eigenvalue weighted by Crippen LogP contribution is 2.28. The average Bonchev–Trinajstić information content (AvgIpc) is 2.96. The minimum absolute atomic E-state index is 0.130. The van der Waals surface area contributed by atoms with Crippen LogP contribution in [0.15, 0.2) is 18.2 Å². The second kappa shape index (κ2) is 8.63. The number of carbonyl (C=O) groups is 3. The lowest BCUT2D eigenvalue weighted by Gasteiger charge is -2.29. The van der Waals surface area contributed by atoms with Gasteiger partial charge in [-0.1, -0.05) is 18.6 Å². The van der Waals surface area contributed by atoms with E-state index in [1.165, 1.54) is 0 Å². The normalized spacial score (nSPS) is 20.6. The molecule has 0 saturated carbocycles. The molecule has 7 heteroatoms. The van der Waals surface area contributed by atoms with Crippen molar-refractivity contribution in [3.05, 3.63) is 34.9 Å². The number of carbonyl (C=O) groups excluding carboxylic acids is 3. The summed E-state index contributed by atoms with van der Waals surface area (Å²) < 4.78 is 0. The maximum Gasteiger partial charge on any atom is 0.255 e. The number of hydrogen-bond acceptors (Lipinski definition) is 5. The van der Waals surface area contributed by atoms with Crippen LogP contribution in [0.1, 0.15) is 60.5 Å². The van der Waals surface area contributed by atoms with Crippen molar-refractivity contribution < 1.29 is 14.4 Å². The Bertz CT molecular complexity index is 734. The van der Waals surface area contributed by atoms with Gasteiger partial charge in [-0.05, 0) is 49.9 Å². The molecule has 2 aliphatic rings. The number of nitrogens with one attached hydrogen (secondary N) is 2. The maximum absolute atomic E-state index is 12.7. The third-order valence-corrected chi connectivity index (χ3v) is 5.33. The summed E-state index contributed by atoms with van der Waals surface area (Å²) in [6, 6.07) is 5.70. The van der Waals surface area contributed by atoms with E-state index in [1.54, 1.807) is 4.90 Å². The minimum Gasteiger partial charge on any atom is -0.330 e. The van der Waals surface area contributed by atoms with Crippen LogP contribution in [0.4, 0.5) is 0 Å². The fourth-order valence-electron chi connectivity index (χ4n) is 3.73. The van der Waals surface area contributed by atoms with Gasteiger partial charge in [0.15, 0.2) is 0 Å². The standard InChI is InChI=1S/C20H28N4O3/c1-13(4-2-3-9-21)22-11-14-5-6-16-15(10-14)12-24(20(16)27)17-7-8-18(25)23-19(17)26/h5-6,10,13,17,22H,2-4,7-9,11-12,21H2,1H3,(H,23,25,26). The fraction of sp³-hybridized carbons (Fsp3) is 0.550. The Labute approximate surface area is 159 Å². The lowest BCUT2D eigenvalue weighted by atomic mass is 10.0. The van der Waals surface area contributed by atoms with E-state index in [-0.39, 0.29) is 24.1 Å². The topological polar surface area (TPSA) is 105 Å². The van der Waals surface area contributed by atoms with Crippen LogP contribution in [-0.2, 0) is 22.7 Å². The number of amides is 3. The van der Waals surface area contributed by atoms with Gasteiger partial charge in [-0.3, -0.25) is 19.7 Å². The number of piperidine rings is 1. The molecule has 2 unspecified atom stereocenters. The van der Waals surface area contributed by atoms with E-state index in [0.29, 0.717) is 24.6 Å². The zero-order chi connectivity index (χ0) is 19.4. The number of nitrogens with two attached hydrogens (primary N) is 1. The van der Waals surface area contributed by atoms with Crippen LogP contribution in [0.5, 0.6) is 0 Å². The van der Waals surface area contributed by atoms with Gasteiger partial charge in [0.1, 0.15) is 6.04 Å². The summed E-state index contributed by atoms with van der Waals surface area (Å²) in [4.78, 5) is 37.7. The van der Waals surface area contributed by atoms with Gasteiger partial charge in [-0.25, -0.2) is 0 Å². The molecule has 27 heavy (non-hydrogen) atoms. The summed E-state index contributed by atoms with van der Waals surface area (Å²) in [5.41, 5.74) is 8.25. The van der Waals surface area contributed by atoms with Gasteiger partial charge in [-0.15, -0.1) is 0 Å². The Morgan fingerprint density at radius 2 is 2.11 bits per heavy atom. The molecule has 7 nitrogen and oxygen atoms in total. The van der Waals surface area contributed by atoms with Crippen molar-refractivity contribution in [2.24, 2.45) is 5.73 Å². The molecule has 2 aliphatic heterocycles. The maximum atomic E-state index is 12.7. The molecular formula is C20H28N4O3. The summed E-state index contributed by atoms with van der Waals surface area (Å²) >= 11 is 0. The molecule has 1 aromatic carbocycles. The van der Waals surface area contributed by atoms with Gasteiger partial charge in [0, 0.05) is 31.1 Å². The molecule has 0 aliphatic carbocycles. The number of fused-ring (bicyclic) bond motifs is 1. The van der Waals surface area contributed by atoms with Crippen LogP contribution in [0.25, 0.3) is 0 Å². The van der Waals surface area contributed by atoms with E-state index < -0.39 is 6.04 Å². The Morgan fingerprint density at radius 3 is 2.85 bits per heavy atom. The summed E-state index contributed by atoms with van der Waals surface area (Å²) in [5.74, 6) is -0.774. The van der Waals surface area contributed by atoms with E-state index in [9.17, 15) is 14.4 Å². The first-order chi connectivity index (χ1) is 13.0. The number of rotatable bonds is 8. The van der Waals surface area contributed by atoms with Gasteiger partial charge in [0.05, 0.1) is 0 Å². The molecule has 4 N–H and O–H groups in total. The third-order valence-electron chi connectivity index (χ3n) is 5.33. The lowest BCUT2D eigenvalue weighted by molar-refractivity contribution is -0.136. The fourth-order valence-corrected chi connectivity index (χ4v) is 3.73. The van der Waals surface area contributed by atoms with Crippen LogP contribution in [0.2, 0.25) is 0 Å². The van der Waals surface area contributed by atoms with Crippen molar-refractivity contribution >= 4 is 17.7 Å². The van der Waals surface area contributed by atoms with E-state index in [0.717, 1.165) is 43.5 Å². The Hall–Kier alpha value is -2.25. The molecule has 0 aromatic heterocycles. The molecule has 3 amide bonds. The van der Waals surface area contributed by atoms with Crippen LogP contribution >= 0.6 is 0 Å². The van der Waals surface area contributed by atoms with Crippen molar-refractivity contribution in [1.82, 2.24) is 15.5 Å². The van der Waals surface area contributed by atoms with Crippen molar-refractivity contribution in [2.75, 3.05) is 6.54 Å². The number of hydrogen-bond donors (Lipinski definition) is 3. The smallest absolute Gasteiger partial charge is 0.255 e. The Kier molecular flexibility index (Phi) is 6.23. The van der Waals surface area contributed by atoms with E-state index >= 15 is 0 Å². The molecule has 1 fully saturated rings. The largest absolute Gasteiger partial charge is 0.330 e. The number of unbranched alkanes of at least 4 members (excludes halogenated alkanes) is 1. The van der Waals surface area contributed by atoms with Crippen LogP contribution < -0.4 is 16.4 Å². The number of imide groups is 1. The Balaban J connectivity index is 1.60. The molecule has 1 aromatic rings. The molecule has 2 heterocycles. The first kappa shape index (κ1) is 19.5. The second-order valence-corrected chi connectivity index (χ2v) is 7.46. The zero-order valence-electron chi connectivity index (χ0n) is 15.8. The molecule has 1 saturated heterocycles. The molecule has 0 radical (unpaired) electrons. The minimum atomic E-state index is -0.563. The van der Waals surface area contributed by atoms with Crippen LogP contribution in [-0.4, -0.2) is 41.2 Å². The van der Waals surface area contributed by atoms with Crippen molar-refractivity contribution in [2.45, 2.75) is 64.2 Å². The second-order valence-electron chi connectivity index (χ2n) is 7.46. The van der Waals surface area contributed by atoms with Crippen molar-refractivity contribution in [1.29, 1.82) is 0 Å². The van der Waals surface area contributed by atoms with Crippen LogP contribution in [0, 0.1) is 0 Å². The summed E-state index contributed by atoms with van der Waals surface area (Å²) in [6.07, 6.45) is 3.91. The van der Waals surface area contributed by atoms with Crippen molar-refractivity contribution in [3.63, 3.8) is 0 Å². The van der Waals surface area contributed by atoms with E-state index in [1.807, 2.05) is 18.2 Å². The first-order valence-corrected chi connectivity index (χ1v) is 9.69. The van der Waals surface area contributed by atoms with E-state index in [4.69, 9.17) is 5.73 Å². The monoisotopic (exact) mass is 372 g/mol. The average molecular weight is 372 g/mol. The highest BCUT2D eigenvalue weighted by atomic mass is 16.2.